The molecule has 2 heterocycles. The van der Waals surface area contributed by atoms with Gasteiger partial charge in [0.2, 0.25) is 12.7 Å². The van der Waals surface area contributed by atoms with Gasteiger partial charge in [-0.05, 0) is 36.4 Å². The van der Waals surface area contributed by atoms with E-state index in [-0.39, 0.29) is 39.0 Å². The lowest BCUT2D eigenvalue weighted by Gasteiger charge is -2.21. The molecule has 33 heavy (non-hydrogen) atoms. The lowest BCUT2D eigenvalue weighted by atomic mass is 10.1. The highest BCUT2D eigenvalue weighted by Crippen LogP contribution is 2.44. The van der Waals surface area contributed by atoms with Crippen LogP contribution in [0.3, 0.4) is 0 Å². The first-order chi connectivity index (χ1) is 16.1. The van der Waals surface area contributed by atoms with Gasteiger partial charge in [-0.15, -0.1) is 0 Å². The summed E-state index contributed by atoms with van der Waals surface area (Å²) in [4.78, 5) is 22.8. The first-order valence-electron chi connectivity index (χ1n) is 10.2. The molecule has 0 atom stereocenters. The van der Waals surface area contributed by atoms with Gasteiger partial charge < -0.3 is 35.2 Å². The molecule has 10 nitrogen and oxygen atoms in total. The van der Waals surface area contributed by atoms with E-state index in [0.717, 1.165) is 0 Å². The molecule has 0 aliphatic carbocycles. The molecule has 4 rings (SSSR count). The average molecular weight is 472 g/mol. The van der Waals surface area contributed by atoms with Gasteiger partial charge in [-0.1, -0.05) is 17.7 Å². The quantitative estimate of drug-likeness (QED) is 0.372. The van der Waals surface area contributed by atoms with Crippen molar-refractivity contribution in [1.29, 1.82) is 0 Å². The number of benzene rings is 2. The van der Waals surface area contributed by atoms with Gasteiger partial charge in [-0.2, -0.15) is 4.98 Å². The molecule has 0 fully saturated rings. The Morgan fingerprint density at radius 3 is 2.70 bits per heavy atom. The highest BCUT2D eigenvalue weighted by molar-refractivity contribution is 6.33. The van der Waals surface area contributed by atoms with E-state index >= 15 is 0 Å². The third kappa shape index (κ3) is 5.25. The second kappa shape index (κ2) is 10.3. The number of nitrogens with zero attached hydrogens (tertiary/aromatic N) is 3. The zero-order valence-electron chi connectivity index (χ0n) is 17.5. The second-order valence-electron chi connectivity index (χ2n) is 6.99. The lowest BCUT2D eigenvalue weighted by Crippen LogP contribution is -2.35. The number of fused-ring (bicyclic) bond motifs is 1. The zero-order chi connectivity index (χ0) is 23.2. The number of hydrogen-bond acceptors (Lipinski definition) is 9. The maximum Gasteiger partial charge on any atom is 0.254 e. The summed E-state index contributed by atoms with van der Waals surface area (Å²) in [6.45, 7) is -0.000971. The average Bonchev–Trinajstić information content (AvgIpc) is 3.30. The van der Waals surface area contributed by atoms with Crippen LogP contribution < -0.4 is 20.1 Å². The van der Waals surface area contributed by atoms with E-state index in [2.05, 4.69) is 20.6 Å². The molecular weight excluding hydrogens is 450 g/mol. The van der Waals surface area contributed by atoms with E-state index in [1.165, 1.54) is 4.90 Å². The van der Waals surface area contributed by atoms with Crippen molar-refractivity contribution >= 4 is 40.6 Å². The summed E-state index contributed by atoms with van der Waals surface area (Å²) in [6, 6.07) is 11.9. The maximum atomic E-state index is 12.7. The van der Waals surface area contributed by atoms with Gasteiger partial charge >= 0.3 is 0 Å². The predicted molar refractivity (Wildman–Crippen MR) is 123 cm³/mol. The van der Waals surface area contributed by atoms with Crippen molar-refractivity contribution in [2.24, 2.45) is 0 Å². The molecule has 2 aromatic carbocycles. The third-order valence-electron chi connectivity index (χ3n) is 4.79. The molecule has 1 aliphatic heterocycles. The Hall–Kier alpha value is -3.60. The molecule has 0 saturated heterocycles. The van der Waals surface area contributed by atoms with Crippen LogP contribution in [0.15, 0.2) is 48.7 Å². The van der Waals surface area contributed by atoms with Gasteiger partial charge in [0.15, 0.2) is 11.5 Å². The molecule has 0 unspecified atom stereocenters. The van der Waals surface area contributed by atoms with Gasteiger partial charge in [0.1, 0.15) is 11.5 Å². The number of anilines is 4. The van der Waals surface area contributed by atoms with Crippen LogP contribution >= 0.6 is 11.6 Å². The van der Waals surface area contributed by atoms with Crippen LogP contribution in [0.5, 0.6) is 11.5 Å². The van der Waals surface area contributed by atoms with E-state index in [0.29, 0.717) is 45.2 Å². The Kier molecular flexibility index (Phi) is 7.08. The number of carbonyl (C=O) groups excluding carboxylic acids is 1. The molecular formula is C22H22ClN5O5. The summed E-state index contributed by atoms with van der Waals surface area (Å²) in [6.07, 6.45) is 1.57. The van der Waals surface area contributed by atoms with Gasteiger partial charge in [0.05, 0.1) is 18.2 Å². The Morgan fingerprint density at radius 1 is 1.09 bits per heavy atom. The fourth-order valence-electron chi connectivity index (χ4n) is 3.28. The van der Waals surface area contributed by atoms with Gasteiger partial charge in [-0.25, -0.2) is 4.98 Å². The fourth-order valence-corrected chi connectivity index (χ4v) is 3.48. The number of ether oxygens (including phenoxy) is 2. The first kappa shape index (κ1) is 22.6. The first-order valence-corrected chi connectivity index (χ1v) is 10.5. The van der Waals surface area contributed by atoms with Crippen LogP contribution in [0.2, 0.25) is 5.02 Å². The van der Waals surface area contributed by atoms with Crippen LogP contribution in [-0.4, -0.2) is 64.1 Å². The van der Waals surface area contributed by atoms with Crippen LogP contribution in [0.4, 0.5) is 23.1 Å². The van der Waals surface area contributed by atoms with E-state index < -0.39 is 0 Å². The summed E-state index contributed by atoms with van der Waals surface area (Å²) in [5.41, 5.74) is 1.54. The van der Waals surface area contributed by atoms with Crippen molar-refractivity contribution in [3.05, 3.63) is 59.2 Å². The van der Waals surface area contributed by atoms with Crippen molar-refractivity contribution in [2.45, 2.75) is 0 Å². The van der Waals surface area contributed by atoms with Crippen molar-refractivity contribution in [3.8, 4) is 11.5 Å². The molecule has 0 radical (unpaired) electrons. The largest absolute Gasteiger partial charge is 0.454 e. The standard InChI is InChI=1S/C22H22ClN5O5/c23-16-4-5-17-20(33-13-32-17)19(16)26-18-6-7-24-22(27-18)25-15-3-1-2-14(12-15)21(31)28(8-10-29)9-11-30/h1-7,12,29-30H,8-11,13H2,(H2,24,25,26,27). The Labute approximate surface area is 194 Å². The zero-order valence-corrected chi connectivity index (χ0v) is 18.2. The summed E-state index contributed by atoms with van der Waals surface area (Å²) in [7, 11) is 0. The Morgan fingerprint density at radius 2 is 1.91 bits per heavy atom. The SMILES string of the molecule is O=C(c1cccc(Nc2nccc(Nc3c(Cl)ccc4c3OCO4)n2)c1)N(CCO)CCO. The summed E-state index contributed by atoms with van der Waals surface area (Å²) < 4.78 is 10.9. The normalized spacial score (nSPS) is 11.8. The van der Waals surface area contributed by atoms with E-state index in [4.69, 9.17) is 21.1 Å². The molecule has 11 heteroatoms. The Balaban J connectivity index is 1.51. The summed E-state index contributed by atoms with van der Waals surface area (Å²) >= 11 is 6.32. The van der Waals surface area contributed by atoms with Crippen molar-refractivity contribution in [2.75, 3.05) is 43.7 Å². The van der Waals surface area contributed by atoms with Gasteiger partial charge in [0.25, 0.3) is 5.91 Å². The van der Waals surface area contributed by atoms with E-state index in [1.54, 1.807) is 48.7 Å². The highest BCUT2D eigenvalue weighted by atomic mass is 35.5. The Bertz CT molecular complexity index is 1140. The number of amides is 1. The minimum atomic E-state index is -0.298. The molecule has 0 spiro atoms. The minimum Gasteiger partial charge on any atom is -0.454 e. The summed E-state index contributed by atoms with van der Waals surface area (Å²) in [5.74, 6) is 1.58. The number of carbonyl (C=O) groups is 1. The van der Waals surface area contributed by atoms with E-state index in [1.807, 2.05) is 0 Å². The van der Waals surface area contributed by atoms with E-state index in [9.17, 15) is 15.0 Å². The third-order valence-corrected chi connectivity index (χ3v) is 5.10. The van der Waals surface area contributed by atoms with Crippen molar-refractivity contribution in [3.63, 3.8) is 0 Å². The molecule has 0 saturated carbocycles. The van der Waals surface area contributed by atoms with Gasteiger partial charge in [-0.3, -0.25) is 4.79 Å². The number of aliphatic hydroxyl groups excluding tert-OH is 2. The van der Waals surface area contributed by atoms with Crippen LogP contribution in [0.1, 0.15) is 10.4 Å². The van der Waals surface area contributed by atoms with Gasteiger partial charge in [0, 0.05) is 30.5 Å². The summed E-state index contributed by atoms with van der Waals surface area (Å²) in [5, 5.41) is 25.0. The monoisotopic (exact) mass is 471 g/mol. The van der Waals surface area contributed by atoms with Crippen LogP contribution in [0.25, 0.3) is 0 Å². The number of nitrogens with one attached hydrogen (secondary N) is 2. The van der Waals surface area contributed by atoms with Crippen molar-refractivity contribution in [1.82, 2.24) is 14.9 Å². The molecule has 1 amide bonds. The maximum absolute atomic E-state index is 12.7. The predicted octanol–water partition coefficient (Wildman–Crippen LogP) is 2.77. The number of hydrogen-bond donors (Lipinski definition) is 4. The molecule has 1 aromatic heterocycles. The van der Waals surface area contributed by atoms with Crippen LogP contribution in [0, 0.1) is 0 Å². The molecule has 3 aromatic rings. The molecule has 0 bridgehead atoms. The number of aromatic nitrogens is 2. The topological polar surface area (TPSA) is 129 Å². The highest BCUT2D eigenvalue weighted by Gasteiger charge is 2.21. The minimum absolute atomic E-state index is 0.115. The second-order valence-corrected chi connectivity index (χ2v) is 7.40. The number of aliphatic hydroxyl groups is 2. The smallest absolute Gasteiger partial charge is 0.254 e. The molecule has 4 N–H and O–H groups in total. The lowest BCUT2D eigenvalue weighted by molar-refractivity contribution is 0.0685. The number of halogens is 1. The number of rotatable bonds is 9. The van der Waals surface area contributed by atoms with Crippen molar-refractivity contribution < 1.29 is 24.5 Å². The van der Waals surface area contributed by atoms with Crippen LogP contribution in [-0.2, 0) is 0 Å². The molecule has 172 valence electrons. The molecule has 1 aliphatic rings. The fraction of sp³-hybridized carbons (Fsp3) is 0.227.